The molecule has 0 aromatic heterocycles. The van der Waals surface area contributed by atoms with Gasteiger partial charge in [-0.3, -0.25) is 0 Å². The summed E-state index contributed by atoms with van der Waals surface area (Å²) in [6.07, 6.45) is 0. The first-order chi connectivity index (χ1) is 9.55. The van der Waals surface area contributed by atoms with Crippen LogP contribution in [-0.2, 0) is 9.84 Å². The summed E-state index contributed by atoms with van der Waals surface area (Å²) in [5.41, 5.74) is 1.06. The number of hydrogen-bond acceptors (Lipinski definition) is 3. The van der Waals surface area contributed by atoms with Crippen molar-refractivity contribution < 1.29 is 8.42 Å². The van der Waals surface area contributed by atoms with E-state index >= 15 is 0 Å². The van der Waals surface area contributed by atoms with Crippen LogP contribution in [0.5, 0.6) is 0 Å². The Hall–Kier alpha value is -1.81. The number of sulfone groups is 1. The SMILES string of the molecule is C=CS(=O)(=O)c1cccc2c(N(CC)CC)cccc12. The Morgan fingerprint density at radius 2 is 1.65 bits per heavy atom. The maximum atomic E-state index is 12.1. The predicted octanol–water partition coefficient (Wildman–Crippen LogP) is 3.60. The molecular formula is C16H19NO2S. The van der Waals surface area contributed by atoms with Gasteiger partial charge in [-0.25, -0.2) is 8.42 Å². The Bertz CT molecular complexity index is 731. The monoisotopic (exact) mass is 289 g/mol. The van der Waals surface area contributed by atoms with Crippen LogP contribution in [-0.4, -0.2) is 21.5 Å². The third kappa shape index (κ3) is 2.43. The normalized spacial score (nSPS) is 11.5. The molecule has 0 saturated carbocycles. The maximum absolute atomic E-state index is 12.1. The second-order valence-corrected chi connectivity index (χ2v) is 6.38. The summed E-state index contributed by atoms with van der Waals surface area (Å²) in [6, 6.07) is 11.2. The first kappa shape index (κ1) is 14.6. The minimum atomic E-state index is -3.44. The molecule has 0 fully saturated rings. The van der Waals surface area contributed by atoms with Gasteiger partial charge in [0.25, 0.3) is 0 Å². The van der Waals surface area contributed by atoms with Crippen LogP contribution >= 0.6 is 0 Å². The topological polar surface area (TPSA) is 37.4 Å². The molecule has 0 bridgehead atoms. The molecule has 0 aliphatic rings. The van der Waals surface area contributed by atoms with Gasteiger partial charge in [0.15, 0.2) is 9.84 Å². The second kappa shape index (κ2) is 5.67. The average Bonchev–Trinajstić information content (AvgIpc) is 2.48. The van der Waals surface area contributed by atoms with E-state index < -0.39 is 9.84 Å². The number of hydrogen-bond donors (Lipinski definition) is 0. The van der Waals surface area contributed by atoms with E-state index in [0.29, 0.717) is 4.90 Å². The first-order valence-electron chi connectivity index (χ1n) is 6.69. The molecular weight excluding hydrogens is 270 g/mol. The molecule has 2 rings (SSSR count). The standard InChI is InChI=1S/C16H19NO2S/c1-4-17(5-2)15-11-7-10-14-13(15)9-8-12-16(14)20(18,19)6-3/h6-12H,3-5H2,1-2H3. The fraction of sp³-hybridized carbons (Fsp3) is 0.250. The van der Waals surface area contributed by atoms with E-state index in [9.17, 15) is 8.42 Å². The minimum absolute atomic E-state index is 0.319. The van der Waals surface area contributed by atoms with Gasteiger partial charge in [0, 0.05) is 35.0 Å². The molecule has 0 N–H and O–H groups in total. The molecule has 0 aliphatic heterocycles. The van der Waals surface area contributed by atoms with Crippen LogP contribution in [0.2, 0.25) is 0 Å². The van der Waals surface area contributed by atoms with Crippen LogP contribution in [0.3, 0.4) is 0 Å². The van der Waals surface area contributed by atoms with Crippen LogP contribution in [0.1, 0.15) is 13.8 Å². The van der Waals surface area contributed by atoms with Crippen LogP contribution in [0.25, 0.3) is 10.8 Å². The van der Waals surface area contributed by atoms with Gasteiger partial charge in [-0.15, -0.1) is 0 Å². The number of nitrogens with zero attached hydrogens (tertiary/aromatic N) is 1. The molecule has 0 atom stereocenters. The van der Waals surface area contributed by atoms with E-state index in [1.54, 1.807) is 12.1 Å². The molecule has 0 spiro atoms. The van der Waals surface area contributed by atoms with Gasteiger partial charge < -0.3 is 4.90 Å². The van der Waals surface area contributed by atoms with Gasteiger partial charge in [-0.1, -0.05) is 30.8 Å². The number of benzene rings is 2. The zero-order valence-electron chi connectivity index (χ0n) is 11.8. The van der Waals surface area contributed by atoms with E-state index in [0.717, 1.165) is 35.0 Å². The largest absolute Gasteiger partial charge is 0.372 e. The van der Waals surface area contributed by atoms with E-state index in [1.165, 1.54) is 0 Å². The number of anilines is 1. The lowest BCUT2D eigenvalue weighted by Crippen LogP contribution is -2.22. The molecule has 2 aromatic rings. The molecule has 0 heterocycles. The third-order valence-electron chi connectivity index (χ3n) is 3.49. The third-order valence-corrected chi connectivity index (χ3v) is 4.90. The lowest BCUT2D eigenvalue weighted by molar-refractivity contribution is 0.605. The van der Waals surface area contributed by atoms with Crippen molar-refractivity contribution in [2.24, 2.45) is 0 Å². The Labute approximate surface area is 120 Å². The molecule has 106 valence electrons. The number of rotatable bonds is 5. The van der Waals surface area contributed by atoms with Crippen LogP contribution < -0.4 is 4.90 Å². The fourth-order valence-electron chi connectivity index (χ4n) is 2.44. The first-order valence-corrected chi connectivity index (χ1v) is 8.24. The predicted molar refractivity (Wildman–Crippen MR) is 84.9 cm³/mol. The van der Waals surface area contributed by atoms with E-state index in [4.69, 9.17) is 0 Å². The van der Waals surface area contributed by atoms with Crippen molar-refractivity contribution in [2.45, 2.75) is 18.7 Å². The Kier molecular flexibility index (Phi) is 4.14. The van der Waals surface area contributed by atoms with E-state index in [2.05, 4.69) is 25.3 Å². The summed E-state index contributed by atoms with van der Waals surface area (Å²) in [5.74, 6) is 0. The molecule has 0 aliphatic carbocycles. The molecule has 0 radical (unpaired) electrons. The van der Waals surface area contributed by atoms with Gasteiger partial charge in [-0.05, 0) is 26.0 Å². The molecule has 0 saturated heterocycles. The van der Waals surface area contributed by atoms with Crippen molar-refractivity contribution in [1.29, 1.82) is 0 Å². The lowest BCUT2D eigenvalue weighted by atomic mass is 10.1. The zero-order valence-corrected chi connectivity index (χ0v) is 12.7. The van der Waals surface area contributed by atoms with Crippen molar-refractivity contribution in [3.8, 4) is 0 Å². The summed E-state index contributed by atoms with van der Waals surface area (Å²) >= 11 is 0. The Morgan fingerprint density at radius 3 is 2.25 bits per heavy atom. The van der Waals surface area contributed by atoms with Gasteiger partial charge in [-0.2, -0.15) is 0 Å². The van der Waals surface area contributed by atoms with Crippen molar-refractivity contribution in [2.75, 3.05) is 18.0 Å². The zero-order chi connectivity index (χ0) is 14.8. The summed E-state index contributed by atoms with van der Waals surface area (Å²) in [6.45, 7) is 9.35. The minimum Gasteiger partial charge on any atom is -0.372 e. The quantitative estimate of drug-likeness (QED) is 0.844. The molecule has 2 aromatic carbocycles. The Balaban J connectivity index is 2.79. The summed E-state index contributed by atoms with van der Waals surface area (Å²) in [4.78, 5) is 2.53. The molecule has 3 nitrogen and oxygen atoms in total. The van der Waals surface area contributed by atoms with E-state index in [-0.39, 0.29) is 0 Å². The van der Waals surface area contributed by atoms with Gasteiger partial charge >= 0.3 is 0 Å². The smallest absolute Gasteiger partial charge is 0.199 e. The average molecular weight is 289 g/mol. The van der Waals surface area contributed by atoms with Crippen LogP contribution in [0, 0.1) is 0 Å². The van der Waals surface area contributed by atoms with Crippen molar-refractivity contribution in [3.63, 3.8) is 0 Å². The lowest BCUT2D eigenvalue weighted by Gasteiger charge is -2.23. The van der Waals surface area contributed by atoms with Gasteiger partial charge in [0.2, 0.25) is 0 Å². The summed E-state index contributed by atoms with van der Waals surface area (Å²) < 4.78 is 24.2. The molecule has 0 unspecified atom stereocenters. The molecule has 4 heteroatoms. The highest BCUT2D eigenvalue weighted by atomic mass is 32.2. The van der Waals surface area contributed by atoms with Crippen molar-refractivity contribution >= 4 is 26.3 Å². The van der Waals surface area contributed by atoms with Crippen molar-refractivity contribution in [3.05, 3.63) is 48.4 Å². The number of fused-ring (bicyclic) bond motifs is 1. The van der Waals surface area contributed by atoms with Crippen LogP contribution in [0.4, 0.5) is 5.69 Å². The molecule has 20 heavy (non-hydrogen) atoms. The summed E-state index contributed by atoms with van der Waals surface area (Å²) in [7, 11) is -3.44. The second-order valence-electron chi connectivity index (χ2n) is 4.51. The van der Waals surface area contributed by atoms with Crippen molar-refractivity contribution in [1.82, 2.24) is 0 Å². The Morgan fingerprint density at radius 1 is 1.05 bits per heavy atom. The highest BCUT2D eigenvalue weighted by Gasteiger charge is 2.15. The van der Waals surface area contributed by atoms with Crippen LogP contribution in [0.15, 0.2) is 53.3 Å². The highest BCUT2D eigenvalue weighted by Crippen LogP contribution is 2.31. The highest BCUT2D eigenvalue weighted by molar-refractivity contribution is 7.94. The maximum Gasteiger partial charge on any atom is 0.199 e. The van der Waals surface area contributed by atoms with Gasteiger partial charge in [0.1, 0.15) is 0 Å². The summed E-state index contributed by atoms with van der Waals surface area (Å²) in [5, 5.41) is 2.71. The fourth-order valence-corrected chi connectivity index (χ4v) is 3.37. The molecule has 0 amide bonds. The van der Waals surface area contributed by atoms with Gasteiger partial charge in [0.05, 0.1) is 4.90 Å². The van der Waals surface area contributed by atoms with E-state index in [1.807, 2.05) is 24.3 Å².